The fourth-order valence-corrected chi connectivity index (χ4v) is 6.28. The van der Waals surface area contributed by atoms with Crippen LogP contribution in [0.4, 0.5) is 0 Å². The van der Waals surface area contributed by atoms with Crippen molar-refractivity contribution in [2.24, 2.45) is 5.73 Å². The van der Waals surface area contributed by atoms with Gasteiger partial charge in [-0.15, -0.1) is 0 Å². The summed E-state index contributed by atoms with van der Waals surface area (Å²) in [5.74, 6) is -0.641. The summed E-state index contributed by atoms with van der Waals surface area (Å²) >= 11 is 5.54. The molecule has 0 radical (unpaired) electrons. The van der Waals surface area contributed by atoms with Crippen LogP contribution in [0.25, 0.3) is 5.65 Å². The molecule has 0 bridgehead atoms. The lowest BCUT2D eigenvalue weighted by Crippen LogP contribution is -2.54. The van der Waals surface area contributed by atoms with Crippen molar-refractivity contribution in [2.45, 2.75) is 55.1 Å². The van der Waals surface area contributed by atoms with Crippen molar-refractivity contribution in [1.82, 2.24) is 13.7 Å². The van der Waals surface area contributed by atoms with Crippen molar-refractivity contribution in [3.63, 3.8) is 0 Å². The van der Waals surface area contributed by atoms with Crippen LogP contribution < -0.4 is 5.73 Å². The maximum absolute atomic E-state index is 13.2. The number of likely N-dealkylation sites (N-methyl/N-ethyl adjacent to an activating group) is 1. The second-order valence-electron chi connectivity index (χ2n) is 8.63. The Labute approximate surface area is 204 Å². The van der Waals surface area contributed by atoms with Gasteiger partial charge in [-0.3, -0.25) is 4.79 Å². The highest BCUT2D eigenvalue weighted by molar-refractivity contribution is 7.89. The Bertz CT molecular complexity index is 1310. The number of ether oxygens (including phenoxy) is 1. The molecule has 180 valence electrons. The molecule has 3 aromatic rings. The molecule has 2 aromatic heterocycles. The van der Waals surface area contributed by atoms with Gasteiger partial charge in [-0.2, -0.15) is 4.31 Å². The van der Waals surface area contributed by atoms with E-state index >= 15 is 0 Å². The fraction of sp³-hybridized carbons (Fsp3) is 0.375. The molecule has 1 aliphatic carbocycles. The Morgan fingerprint density at radius 3 is 2.71 bits per heavy atom. The van der Waals surface area contributed by atoms with Crippen LogP contribution in [-0.4, -0.2) is 52.3 Å². The highest BCUT2D eigenvalue weighted by Crippen LogP contribution is 2.42. The number of fused-ring (bicyclic) bond motifs is 1. The number of nitrogens with two attached hydrogens (primary N) is 1. The molecule has 1 fully saturated rings. The lowest BCUT2D eigenvalue weighted by atomic mass is 9.67. The van der Waals surface area contributed by atoms with E-state index in [1.54, 1.807) is 24.4 Å². The van der Waals surface area contributed by atoms with Gasteiger partial charge >= 0.3 is 5.97 Å². The number of carbonyl (C=O) groups excluding carboxylic acids is 1. The molecule has 0 saturated heterocycles. The van der Waals surface area contributed by atoms with Crippen LogP contribution in [0.15, 0.2) is 66.0 Å². The third kappa shape index (κ3) is 4.21. The maximum Gasteiger partial charge on any atom is 0.324 e. The van der Waals surface area contributed by atoms with Crippen LogP contribution in [0.2, 0.25) is 0 Å². The van der Waals surface area contributed by atoms with Gasteiger partial charge in [0, 0.05) is 25.6 Å². The number of rotatable bonds is 7. The molecule has 8 nitrogen and oxygen atoms in total. The van der Waals surface area contributed by atoms with Crippen molar-refractivity contribution in [3.05, 3.63) is 66.6 Å². The zero-order chi connectivity index (χ0) is 24.5. The van der Waals surface area contributed by atoms with Crippen LogP contribution in [0.1, 0.15) is 38.2 Å². The molecule has 4 rings (SSSR count). The van der Waals surface area contributed by atoms with Gasteiger partial charge in [0.25, 0.3) is 0 Å². The minimum atomic E-state index is -3.87. The lowest BCUT2D eigenvalue weighted by molar-refractivity contribution is -0.157. The SMILES string of the molecule is C[C@@H](C(=O)OC1CCCCC1(C(N)=S)c1ccc2nccn2c1)N(C)S(=O)(=O)c1ccccc1. The first-order chi connectivity index (χ1) is 16.2. The van der Waals surface area contributed by atoms with E-state index in [2.05, 4.69) is 4.98 Å². The first-order valence-corrected chi connectivity index (χ1v) is 13.0. The van der Waals surface area contributed by atoms with Crippen molar-refractivity contribution in [1.29, 1.82) is 0 Å². The standard InChI is InChI=1S/C24H28N4O4S2/c1-17(27(2)34(30,31)19-8-4-3-5-9-19)22(29)32-20-10-6-7-13-24(20,23(25)33)18-11-12-21-26-14-15-28(21)16-18/h3-5,8-9,11-12,14-17,20H,6-7,10,13H2,1-2H3,(H2,25,33)/t17-,20?,24?/m0/s1. The molecule has 0 amide bonds. The van der Waals surface area contributed by atoms with Gasteiger partial charge in [-0.1, -0.05) is 42.9 Å². The number of sulfonamides is 1. The summed E-state index contributed by atoms with van der Waals surface area (Å²) in [7, 11) is -2.49. The normalized spacial score (nSPS) is 21.9. The topological polar surface area (TPSA) is 107 Å². The highest BCUT2D eigenvalue weighted by atomic mass is 32.2. The summed E-state index contributed by atoms with van der Waals surface area (Å²) in [6.45, 7) is 1.52. The molecular weight excluding hydrogens is 472 g/mol. The van der Waals surface area contributed by atoms with Gasteiger partial charge in [-0.05, 0) is 49.9 Å². The zero-order valence-corrected chi connectivity index (χ0v) is 20.8. The van der Waals surface area contributed by atoms with E-state index in [-0.39, 0.29) is 9.88 Å². The molecule has 2 N–H and O–H groups in total. The average molecular weight is 501 g/mol. The Balaban J connectivity index is 1.62. The third-order valence-corrected chi connectivity index (χ3v) is 9.05. The number of imidazole rings is 1. The van der Waals surface area contributed by atoms with Crippen molar-refractivity contribution in [2.75, 3.05) is 7.05 Å². The average Bonchev–Trinajstić information content (AvgIpc) is 3.31. The molecule has 3 atom stereocenters. The number of esters is 1. The molecule has 2 heterocycles. The number of carbonyl (C=O) groups is 1. The number of thiocarbonyl (C=S) groups is 1. The van der Waals surface area contributed by atoms with Crippen LogP contribution in [0.3, 0.4) is 0 Å². The van der Waals surface area contributed by atoms with Gasteiger partial charge in [0.05, 0.1) is 15.3 Å². The minimum Gasteiger partial charge on any atom is -0.460 e. The van der Waals surface area contributed by atoms with Gasteiger partial charge < -0.3 is 14.9 Å². The summed E-state index contributed by atoms with van der Waals surface area (Å²) in [4.78, 5) is 17.9. The molecule has 34 heavy (non-hydrogen) atoms. The van der Waals surface area contributed by atoms with Crippen LogP contribution in [-0.2, 0) is 25.0 Å². The first kappa shape index (κ1) is 24.3. The largest absolute Gasteiger partial charge is 0.460 e. The lowest BCUT2D eigenvalue weighted by Gasteiger charge is -2.43. The predicted molar refractivity (Wildman–Crippen MR) is 133 cm³/mol. The number of hydrogen-bond donors (Lipinski definition) is 1. The summed E-state index contributed by atoms with van der Waals surface area (Å²) in [5.41, 5.74) is 7.09. The van der Waals surface area contributed by atoms with Crippen LogP contribution in [0.5, 0.6) is 0 Å². The molecule has 1 saturated carbocycles. The van der Waals surface area contributed by atoms with Crippen molar-refractivity contribution in [3.8, 4) is 0 Å². The molecule has 0 spiro atoms. The second kappa shape index (κ2) is 9.44. The monoisotopic (exact) mass is 500 g/mol. The number of hydrogen-bond acceptors (Lipinski definition) is 6. The van der Waals surface area contributed by atoms with E-state index in [9.17, 15) is 13.2 Å². The van der Waals surface area contributed by atoms with E-state index in [1.165, 1.54) is 26.1 Å². The smallest absolute Gasteiger partial charge is 0.324 e. The molecule has 0 aliphatic heterocycles. The Morgan fingerprint density at radius 2 is 2.00 bits per heavy atom. The molecule has 2 unspecified atom stereocenters. The number of nitrogens with zero attached hydrogens (tertiary/aromatic N) is 3. The van der Waals surface area contributed by atoms with Crippen LogP contribution >= 0.6 is 12.2 Å². The van der Waals surface area contributed by atoms with Crippen molar-refractivity contribution < 1.29 is 17.9 Å². The van der Waals surface area contributed by atoms with E-state index in [1.807, 2.05) is 28.9 Å². The maximum atomic E-state index is 13.2. The summed E-state index contributed by atoms with van der Waals surface area (Å²) in [6.07, 6.45) is 7.79. The molecule has 1 aliphatic rings. The van der Waals surface area contributed by atoms with Gasteiger partial charge in [0.15, 0.2) is 0 Å². The van der Waals surface area contributed by atoms with Gasteiger partial charge in [0.1, 0.15) is 17.8 Å². The second-order valence-corrected chi connectivity index (χ2v) is 11.1. The fourth-order valence-electron chi connectivity index (χ4n) is 4.59. The number of aromatic nitrogens is 2. The highest BCUT2D eigenvalue weighted by Gasteiger charge is 2.48. The Morgan fingerprint density at radius 1 is 1.26 bits per heavy atom. The summed E-state index contributed by atoms with van der Waals surface area (Å²) in [5, 5.41) is 0. The van der Waals surface area contributed by atoms with E-state index in [0.29, 0.717) is 12.8 Å². The van der Waals surface area contributed by atoms with E-state index < -0.39 is 33.6 Å². The van der Waals surface area contributed by atoms with Gasteiger partial charge in [0.2, 0.25) is 10.0 Å². The van der Waals surface area contributed by atoms with E-state index in [0.717, 1.165) is 28.4 Å². The number of pyridine rings is 1. The summed E-state index contributed by atoms with van der Waals surface area (Å²) < 4.78 is 34.9. The number of benzene rings is 1. The molecule has 1 aromatic carbocycles. The minimum absolute atomic E-state index is 0.112. The Hall–Kier alpha value is -2.82. The van der Waals surface area contributed by atoms with Crippen LogP contribution in [0, 0.1) is 0 Å². The molecule has 10 heteroatoms. The van der Waals surface area contributed by atoms with E-state index in [4.69, 9.17) is 22.7 Å². The van der Waals surface area contributed by atoms with Crippen molar-refractivity contribution >= 4 is 38.8 Å². The first-order valence-electron chi connectivity index (χ1n) is 11.1. The Kier molecular flexibility index (Phi) is 6.75. The predicted octanol–water partition coefficient (Wildman–Crippen LogP) is 3.05. The molecular formula is C24H28N4O4S2. The quantitative estimate of drug-likeness (QED) is 0.392. The third-order valence-electron chi connectivity index (χ3n) is 6.75. The zero-order valence-electron chi connectivity index (χ0n) is 19.1. The summed E-state index contributed by atoms with van der Waals surface area (Å²) in [6, 6.07) is 10.8. The van der Waals surface area contributed by atoms with Gasteiger partial charge in [-0.25, -0.2) is 13.4 Å².